The van der Waals surface area contributed by atoms with Crippen LogP contribution in [0.2, 0.25) is 0 Å². The van der Waals surface area contributed by atoms with Crippen molar-refractivity contribution < 1.29 is 9.59 Å². The number of nitrogens with zero attached hydrogens (tertiary/aromatic N) is 3. The predicted molar refractivity (Wildman–Crippen MR) is 102 cm³/mol. The fraction of sp³-hybridized carbons (Fsp3) is 0.476. The van der Waals surface area contributed by atoms with Gasteiger partial charge in [-0.2, -0.15) is 0 Å². The summed E-state index contributed by atoms with van der Waals surface area (Å²) >= 11 is 0. The maximum absolute atomic E-state index is 13.0. The molecule has 1 spiro atoms. The summed E-state index contributed by atoms with van der Waals surface area (Å²) in [5, 5.41) is 0. The van der Waals surface area contributed by atoms with E-state index < -0.39 is 0 Å². The molecule has 6 heteroatoms. The molecule has 0 radical (unpaired) electrons. The molecule has 142 valence electrons. The summed E-state index contributed by atoms with van der Waals surface area (Å²) in [4.78, 5) is 36.6. The molecule has 1 atom stereocenters. The molecule has 0 unspecified atom stereocenters. The van der Waals surface area contributed by atoms with Crippen LogP contribution in [-0.4, -0.2) is 51.2 Å². The molecule has 0 saturated carbocycles. The number of carbonyl (C=O) groups is 2. The summed E-state index contributed by atoms with van der Waals surface area (Å²) in [6, 6.07) is 5.77. The van der Waals surface area contributed by atoms with Gasteiger partial charge in [0.25, 0.3) is 5.91 Å². The zero-order valence-corrected chi connectivity index (χ0v) is 15.8. The van der Waals surface area contributed by atoms with Crippen molar-refractivity contribution in [2.45, 2.75) is 39.2 Å². The van der Waals surface area contributed by atoms with E-state index in [2.05, 4.69) is 9.97 Å². The average molecular weight is 366 g/mol. The van der Waals surface area contributed by atoms with E-state index in [1.807, 2.05) is 47.3 Å². The number of rotatable bonds is 3. The van der Waals surface area contributed by atoms with Crippen LogP contribution >= 0.6 is 0 Å². The largest absolute Gasteiger partial charge is 0.365 e. The van der Waals surface area contributed by atoms with Crippen LogP contribution in [0.15, 0.2) is 36.8 Å². The molecule has 4 heterocycles. The standard InChI is InChI=1S/C21H26N4O2/c1-16-18(6-10-23-16)20(27)24-11-3-7-21(14-24)8-5-19(26)25(15-21)13-17-4-2-9-22-12-17/h2,4,6,9-10,12,23H,3,5,7-8,11,13-15H2,1H3/t21-/m1/s1. The number of amides is 2. The van der Waals surface area contributed by atoms with Gasteiger partial charge in [0, 0.05) is 62.3 Å². The van der Waals surface area contributed by atoms with Gasteiger partial charge in [-0.05, 0) is 43.9 Å². The molecule has 1 N–H and O–H groups in total. The summed E-state index contributed by atoms with van der Waals surface area (Å²) in [7, 11) is 0. The van der Waals surface area contributed by atoms with Crippen LogP contribution in [0.5, 0.6) is 0 Å². The van der Waals surface area contributed by atoms with E-state index in [-0.39, 0.29) is 17.2 Å². The van der Waals surface area contributed by atoms with Gasteiger partial charge in [-0.25, -0.2) is 0 Å². The van der Waals surface area contributed by atoms with E-state index in [1.54, 1.807) is 6.20 Å². The summed E-state index contributed by atoms with van der Waals surface area (Å²) in [6.07, 6.45) is 8.87. The van der Waals surface area contributed by atoms with Crippen molar-refractivity contribution in [2.24, 2.45) is 5.41 Å². The Balaban J connectivity index is 1.49. The minimum absolute atomic E-state index is 0.00818. The molecule has 2 aromatic rings. The molecule has 2 aliphatic rings. The fourth-order valence-electron chi connectivity index (χ4n) is 4.53. The number of carbonyl (C=O) groups excluding carboxylic acids is 2. The number of aromatic amines is 1. The molecular formula is C21H26N4O2. The van der Waals surface area contributed by atoms with Gasteiger partial charge in [0.1, 0.15) is 0 Å². The number of piperidine rings is 2. The molecule has 2 aliphatic heterocycles. The van der Waals surface area contributed by atoms with Crippen molar-refractivity contribution in [3.05, 3.63) is 53.6 Å². The number of nitrogens with one attached hydrogen (secondary N) is 1. The lowest BCUT2D eigenvalue weighted by molar-refractivity contribution is -0.139. The van der Waals surface area contributed by atoms with Gasteiger partial charge in [0.15, 0.2) is 0 Å². The molecule has 2 saturated heterocycles. The minimum atomic E-state index is 0.00818. The lowest BCUT2D eigenvalue weighted by Gasteiger charge is -2.48. The summed E-state index contributed by atoms with van der Waals surface area (Å²) < 4.78 is 0. The third-order valence-corrected chi connectivity index (χ3v) is 5.98. The SMILES string of the molecule is Cc1[nH]ccc1C(=O)N1CCC[C@@]2(CCC(=O)N(Cc3cccnc3)C2)C1. The second kappa shape index (κ2) is 7.18. The lowest BCUT2D eigenvalue weighted by atomic mass is 9.73. The highest BCUT2D eigenvalue weighted by Gasteiger charge is 2.43. The quantitative estimate of drug-likeness (QED) is 0.908. The fourth-order valence-corrected chi connectivity index (χ4v) is 4.53. The van der Waals surface area contributed by atoms with Crippen molar-refractivity contribution in [3.63, 3.8) is 0 Å². The van der Waals surface area contributed by atoms with Crippen molar-refractivity contribution in [1.82, 2.24) is 19.8 Å². The Morgan fingerprint density at radius 3 is 2.93 bits per heavy atom. The third kappa shape index (κ3) is 3.61. The van der Waals surface area contributed by atoms with Crippen LogP contribution < -0.4 is 0 Å². The maximum Gasteiger partial charge on any atom is 0.255 e. The van der Waals surface area contributed by atoms with Crippen LogP contribution in [0.1, 0.15) is 47.3 Å². The summed E-state index contributed by atoms with van der Waals surface area (Å²) in [6.45, 7) is 4.77. The Morgan fingerprint density at radius 1 is 1.30 bits per heavy atom. The Hall–Kier alpha value is -2.63. The lowest BCUT2D eigenvalue weighted by Crippen LogP contribution is -2.54. The number of hydrogen-bond acceptors (Lipinski definition) is 3. The third-order valence-electron chi connectivity index (χ3n) is 5.98. The molecule has 0 bridgehead atoms. The molecule has 0 aromatic carbocycles. The minimum Gasteiger partial charge on any atom is -0.365 e. The van der Waals surface area contributed by atoms with Gasteiger partial charge in [0.2, 0.25) is 5.91 Å². The smallest absolute Gasteiger partial charge is 0.255 e. The van der Waals surface area contributed by atoms with Crippen LogP contribution in [-0.2, 0) is 11.3 Å². The number of pyridine rings is 1. The normalized spacial score (nSPS) is 23.1. The zero-order chi connectivity index (χ0) is 18.9. The topological polar surface area (TPSA) is 69.3 Å². The number of H-pyrrole nitrogens is 1. The number of hydrogen-bond donors (Lipinski definition) is 1. The Bertz CT molecular complexity index is 832. The molecule has 27 heavy (non-hydrogen) atoms. The van der Waals surface area contributed by atoms with Crippen molar-refractivity contribution in [3.8, 4) is 0 Å². The van der Waals surface area contributed by atoms with Crippen LogP contribution in [0.3, 0.4) is 0 Å². The van der Waals surface area contributed by atoms with Gasteiger partial charge in [-0.1, -0.05) is 6.07 Å². The van der Waals surface area contributed by atoms with Crippen molar-refractivity contribution >= 4 is 11.8 Å². The first-order chi connectivity index (χ1) is 13.1. The monoisotopic (exact) mass is 366 g/mol. The van der Waals surface area contributed by atoms with E-state index in [1.165, 1.54) is 0 Å². The molecule has 4 rings (SSSR count). The van der Waals surface area contributed by atoms with Crippen LogP contribution in [0, 0.1) is 12.3 Å². The van der Waals surface area contributed by atoms with Gasteiger partial charge in [-0.15, -0.1) is 0 Å². The summed E-state index contributed by atoms with van der Waals surface area (Å²) in [5.74, 6) is 0.304. The maximum atomic E-state index is 13.0. The van der Waals surface area contributed by atoms with E-state index >= 15 is 0 Å². The van der Waals surface area contributed by atoms with Crippen LogP contribution in [0.25, 0.3) is 0 Å². The van der Waals surface area contributed by atoms with Crippen LogP contribution in [0.4, 0.5) is 0 Å². The second-order valence-electron chi connectivity index (χ2n) is 7.96. The summed E-state index contributed by atoms with van der Waals surface area (Å²) in [5.41, 5.74) is 2.73. The first-order valence-electron chi connectivity index (χ1n) is 9.66. The molecule has 6 nitrogen and oxygen atoms in total. The van der Waals surface area contributed by atoms with E-state index in [4.69, 9.17) is 0 Å². The number of aryl methyl sites for hydroxylation is 1. The first kappa shape index (κ1) is 17.8. The second-order valence-corrected chi connectivity index (χ2v) is 7.96. The van der Waals surface area contributed by atoms with Gasteiger partial charge in [-0.3, -0.25) is 14.6 Å². The number of aromatic nitrogens is 2. The molecule has 2 fully saturated rings. The Labute approximate surface area is 159 Å². The number of likely N-dealkylation sites (tertiary alicyclic amines) is 2. The van der Waals surface area contributed by atoms with E-state index in [0.717, 1.165) is 55.7 Å². The van der Waals surface area contributed by atoms with Gasteiger partial charge in [0.05, 0.1) is 5.56 Å². The van der Waals surface area contributed by atoms with Crippen molar-refractivity contribution in [1.29, 1.82) is 0 Å². The zero-order valence-electron chi connectivity index (χ0n) is 15.8. The molecule has 2 aromatic heterocycles. The van der Waals surface area contributed by atoms with Gasteiger partial charge >= 0.3 is 0 Å². The highest BCUT2D eigenvalue weighted by atomic mass is 16.2. The van der Waals surface area contributed by atoms with E-state index in [9.17, 15) is 9.59 Å². The predicted octanol–water partition coefficient (Wildman–Crippen LogP) is 2.76. The first-order valence-corrected chi connectivity index (χ1v) is 9.66. The van der Waals surface area contributed by atoms with Crippen molar-refractivity contribution in [2.75, 3.05) is 19.6 Å². The Morgan fingerprint density at radius 2 is 2.19 bits per heavy atom. The highest BCUT2D eigenvalue weighted by molar-refractivity contribution is 5.95. The average Bonchev–Trinajstić information content (AvgIpc) is 3.11. The molecular weight excluding hydrogens is 340 g/mol. The molecule has 0 aliphatic carbocycles. The highest BCUT2D eigenvalue weighted by Crippen LogP contribution is 2.39. The Kier molecular flexibility index (Phi) is 4.72. The van der Waals surface area contributed by atoms with E-state index in [0.29, 0.717) is 13.0 Å². The molecule has 2 amide bonds. The van der Waals surface area contributed by atoms with Gasteiger partial charge < -0.3 is 14.8 Å².